The minimum absolute atomic E-state index is 0.267. The molecule has 0 aromatic carbocycles. The first-order valence-corrected chi connectivity index (χ1v) is 7.41. The molecular formula is C10H14FNO4S2. The molecule has 1 heterocycles. The Bertz CT molecular complexity index is 557. The highest BCUT2D eigenvalue weighted by Crippen LogP contribution is 2.26. The van der Waals surface area contributed by atoms with Gasteiger partial charge in [-0.2, -0.15) is 0 Å². The summed E-state index contributed by atoms with van der Waals surface area (Å²) in [5.74, 6) is -1.31. The molecular weight excluding hydrogens is 281 g/mol. The quantitative estimate of drug-likeness (QED) is 0.867. The Hall–Kier alpha value is -0.990. The van der Waals surface area contributed by atoms with Crippen LogP contribution in [0.3, 0.4) is 0 Å². The second-order valence-electron chi connectivity index (χ2n) is 4.43. The predicted molar refractivity (Wildman–Crippen MR) is 66.4 cm³/mol. The third-order valence-corrected chi connectivity index (χ3v) is 4.87. The average molecular weight is 295 g/mol. The van der Waals surface area contributed by atoms with Gasteiger partial charge in [0, 0.05) is 6.54 Å². The van der Waals surface area contributed by atoms with E-state index in [4.69, 9.17) is 5.11 Å². The SMILES string of the molecule is Cc1csc(C(=O)O)c1S(=O)(=O)NCC(C)(C)F. The highest BCUT2D eigenvalue weighted by molar-refractivity contribution is 7.89. The summed E-state index contributed by atoms with van der Waals surface area (Å²) in [5, 5.41) is 10.4. The zero-order valence-electron chi connectivity index (χ0n) is 10.2. The molecule has 8 heteroatoms. The third kappa shape index (κ3) is 3.50. The van der Waals surface area contributed by atoms with Gasteiger partial charge in [0.1, 0.15) is 15.4 Å². The van der Waals surface area contributed by atoms with Crippen LogP contribution in [-0.4, -0.2) is 31.7 Å². The smallest absolute Gasteiger partial charge is 0.347 e. The van der Waals surface area contributed by atoms with Gasteiger partial charge in [-0.3, -0.25) is 0 Å². The Labute approximate surface area is 109 Å². The van der Waals surface area contributed by atoms with Crippen LogP contribution in [0.15, 0.2) is 10.3 Å². The Balaban J connectivity index is 3.13. The number of sulfonamides is 1. The molecule has 5 nitrogen and oxygen atoms in total. The Morgan fingerprint density at radius 3 is 2.56 bits per heavy atom. The lowest BCUT2D eigenvalue weighted by atomic mass is 10.2. The normalized spacial score (nSPS) is 12.7. The van der Waals surface area contributed by atoms with Crippen molar-refractivity contribution in [3.8, 4) is 0 Å². The predicted octanol–water partition coefficient (Wildman–Crippen LogP) is 1.78. The summed E-state index contributed by atoms with van der Waals surface area (Å²) in [6.07, 6.45) is 0. The van der Waals surface area contributed by atoms with Crippen LogP contribution < -0.4 is 4.72 Å². The molecule has 102 valence electrons. The summed E-state index contributed by atoms with van der Waals surface area (Å²) in [5.41, 5.74) is -1.37. The van der Waals surface area contributed by atoms with Gasteiger partial charge >= 0.3 is 5.97 Å². The molecule has 0 aliphatic carbocycles. The van der Waals surface area contributed by atoms with E-state index in [0.29, 0.717) is 5.56 Å². The van der Waals surface area contributed by atoms with E-state index in [0.717, 1.165) is 11.3 Å². The van der Waals surface area contributed by atoms with Gasteiger partial charge in [-0.1, -0.05) is 0 Å². The first-order chi connectivity index (χ1) is 8.04. The van der Waals surface area contributed by atoms with Crippen molar-refractivity contribution in [3.05, 3.63) is 15.8 Å². The van der Waals surface area contributed by atoms with Crippen molar-refractivity contribution in [3.63, 3.8) is 0 Å². The number of aryl methyl sites for hydroxylation is 1. The minimum Gasteiger partial charge on any atom is -0.477 e. The molecule has 2 N–H and O–H groups in total. The van der Waals surface area contributed by atoms with Crippen LogP contribution in [0.1, 0.15) is 29.1 Å². The van der Waals surface area contributed by atoms with Crippen LogP contribution >= 0.6 is 11.3 Å². The molecule has 0 spiro atoms. The lowest BCUT2D eigenvalue weighted by Gasteiger charge is -2.15. The van der Waals surface area contributed by atoms with Crippen molar-refractivity contribution in [2.75, 3.05) is 6.54 Å². The lowest BCUT2D eigenvalue weighted by molar-refractivity contribution is 0.0698. The third-order valence-electron chi connectivity index (χ3n) is 2.06. The highest BCUT2D eigenvalue weighted by Gasteiger charge is 2.28. The largest absolute Gasteiger partial charge is 0.477 e. The summed E-state index contributed by atoms with van der Waals surface area (Å²) in [7, 11) is -4.02. The maximum absolute atomic E-state index is 13.3. The van der Waals surface area contributed by atoms with Crippen LogP contribution in [0.2, 0.25) is 0 Å². The average Bonchev–Trinajstić information content (AvgIpc) is 2.57. The van der Waals surface area contributed by atoms with E-state index >= 15 is 0 Å². The molecule has 1 aromatic heterocycles. The van der Waals surface area contributed by atoms with Crippen LogP contribution in [0.4, 0.5) is 4.39 Å². The number of carboxylic acid groups (broad SMARTS) is 1. The van der Waals surface area contributed by atoms with E-state index in [9.17, 15) is 17.6 Å². The summed E-state index contributed by atoms with van der Waals surface area (Å²) in [6, 6.07) is 0. The number of nitrogens with one attached hydrogen (secondary N) is 1. The van der Waals surface area contributed by atoms with Gasteiger partial charge in [0.05, 0.1) is 0 Å². The van der Waals surface area contributed by atoms with Crippen LogP contribution in [-0.2, 0) is 10.0 Å². The Morgan fingerprint density at radius 2 is 2.11 bits per heavy atom. The standard InChI is InChI=1S/C10H14FNO4S2/c1-6-4-17-7(9(13)14)8(6)18(15,16)12-5-10(2,3)11/h4,12H,5H2,1-3H3,(H,13,14). The molecule has 0 aliphatic rings. The number of thiophene rings is 1. The fraction of sp³-hybridized carbons (Fsp3) is 0.500. The fourth-order valence-electron chi connectivity index (χ4n) is 1.25. The van der Waals surface area contributed by atoms with E-state index in [1.807, 2.05) is 0 Å². The van der Waals surface area contributed by atoms with Crippen LogP contribution in [0.25, 0.3) is 0 Å². The van der Waals surface area contributed by atoms with Gasteiger partial charge in [0.2, 0.25) is 10.0 Å². The first-order valence-electron chi connectivity index (χ1n) is 5.04. The highest BCUT2D eigenvalue weighted by atomic mass is 32.2. The molecule has 18 heavy (non-hydrogen) atoms. The van der Waals surface area contributed by atoms with Gasteiger partial charge in [0.25, 0.3) is 0 Å². The molecule has 0 aliphatic heterocycles. The van der Waals surface area contributed by atoms with E-state index in [1.165, 1.54) is 26.2 Å². The summed E-state index contributed by atoms with van der Waals surface area (Å²) >= 11 is 0.832. The van der Waals surface area contributed by atoms with Crippen molar-refractivity contribution in [2.45, 2.75) is 31.3 Å². The molecule has 0 amide bonds. The molecule has 1 rings (SSSR count). The first kappa shape index (κ1) is 15.1. The minimum atomic E-state index is -4.02. The molecule has 0 atom stereocenters. The molecule has 0 saturated heterocycles. The van der Waals surface area contributed by atoms with Crippen molar-refractivity contribution in [1.29, 1.82) is 0 Å². The molecule has 1 aromatic rings. The van der Waals surface area contributed by atoms with Crippen molar-refractivity contribution < 1.29 is 22.7 Å². The van der Waals surface area contributed by atoms with E-state index in [1.54, 1.807) is 0 Å². The number of aromatic carboxylic acids is 1. The number of rotatable bonds is 5. The topological polar surface area (TPSA) is 83.5 Å². The monoisotopic (exact) mass is 295 g/mol. The van der Waals surface area contributed by atoms with E-state index < -0.39 is 28.2 Å². The van der Waals surface area contributed by atoms with Gasteiger partial charge < -0.3 is 5.11 Å². The number of carbonyl (C=O) groups is 1. The zero-order chi connectivity index (χ0) is 14.1. The van der Waals surface area contributed by atoms with E-state index in [2.05, 4.69) is 4.72 Å². The Morgan fingerprint density at radius 1 is 1.56 bits per heavy atom. The summed E-state index contributed by atoms with van der Waals surface area (Å²) in [4.78, 5) is 10.4. The summed E-state index contributed by atoms with van der Waals surface area (Å²) in [6.45, 7) is 3.55. The summed E-state index contributed by atoms with van der Waals surface area (Å²) < 4.78 is 39.3. The second-order valence-corrected chi connectivity index (χ2v) is 7.01. The number of hydrogen-bond acceptors (Lipinski definition) is 4. The van der Waals surface area contributed by atoms with Gasteiger partial charge in [0.15, 0.2) is 0 Å². The molecule has 0 unspecified atom stereocenters. The van der Waals surface area contributed by atoms with Crippen molar-refractivity contribution in [1.82, 2.24) is 4.72 Å². The van der Waals surface area contributed by atoms with Crippen LogP contribution in [0, 0.1) is 6.92 Å². The van der Waals surface area contributed by atoms with Crippen LogP contribution in [0.5, 0.6) is 0 Å². The Kier molecular flexibility index (Phi) is 4.14. The number of halogens is 1. The maximum atomic E-state index is 13.3. The molecule has 0 fully saturated rings. The van der Waals surface area contributed by atoms with E-state index in [-0.39, 0.29) is 9.77 Å². The number of hydrogen-bond donors (Lipinski definition) is 2. The van der Waals surface area contributed by atoms with Gasteiger partial charge in [-0.25, -0.2) is 22.3 Å². The molecule has 0 saturated carbocycles. The number of carboxylic acids is 1. The maximum Gasteiger partial charge on any atom is 0.347 e. The zero-order valence-corrected chi connectivity index (χ0v) is 11.8. The molecule has 0 bridgehead atoms. The van der Waals surface area contributed by atoms with Crippen molar-refractivity contribution >= 4 is 27.3 Å². The molecule has 0 radical (unpaired) electrons. The fourth-order valence-corrected chi connectivity index (χ4v) is 4.07. The second kappa shape index (κ2) is 4.94. The van der Waals surface area contributed by atoms with Gasteiger partial charge in [-0.05, 0) is 31.7 Å². The number of alkyl halides is 1. The van der Waals surface area contributed by atoms with Gasteiger partial charge in [-0.15, -0.1) is 11.3 Å². The lowest BCUT2D eigenvalue weighted by Crippen LogP contribution is -2.35. The van der Waals surface area contributed by atoms with Crippen molar-refractivity contribution in [2.24, 2.45) is 0 Å².